The first-order chi connectivity index (χ1) is 7.87. The van der Waals surface area contributed by atoms with Crippen LogP contribution in [0, 0.1) is 0 Å². The van der Waals surface area contributed by atoms with E-state index in [0.29, 0.717) is 5.09 Å². The minimum Gasteiger partial charge on any atom is -0.475 e. The Morgan fingerprint density at radius 3 is 2.59 bits per heavy atom. The van der Waals surface area contributed by atoms with E-state index in [2.05, 4.69) is 0 Å². The van der Waals surface area contributed by atoms with Crippen molar-refractivity contribution in [3.05, 3.63) is 17.9 Å². The van der Waals surface area contributed by atoms with Crippen LogP contribution in [0.1, 0.15) is 10.6 Å². The molecule has 0 bridgehead atoms. The minimum absolute atomic E-state index is 0.123. The van der Waals surface area contributed by atoms with Gasteiger partial charge in [-0.1, -0.05) is 11.8 Å². The second-order valence-electron chi connectivity index (χ2n) is 3.72. The fourth-order valence-electron chi connectivity index (χ4n) is 1.56. The van der Waals surface area contributed by atoms with E-state index in [1.807, 2.05) is 0 Å². The lowest BCUT2D eigenvalue weighted by molar-refractivity contribution is 0.0656. The summed E-state index contributed by atoms with van der Waals surface area (Å²) in [6.07, 6.45) is -0.941. The SMILES string of the molecule is O=C(O)c1ccc(SC2CS(=O)(=O)CC2O)o1. The third kappa shape index (κ3) is 2.82. The average molecular weight is 278 g/mol. The standard InChI is InChI=1S/C9H10O6S2/c10-5-3-17(13,14)4-7(5)16-8-2-1-6(15-8)9(11)12/h1-2,5,7,10H,3-4H2,(H,11,12). The number of rotatable bonds is 3. The normalized spacial score (nSPS) is 27.1. The summed E-state index contributed by atoms with van der Waals surface area (Å²) in [5.74, 6) is -1.77. The third-order valence-corrected chi connectivity index (χ3v) is 5.49. The Hall–Kier alpha value is -0.990. The van der Waals surface area contributed by atoms with Gasteiger partial charge in [0.25, 0.3) is 0 Å². The van der Waals surface area contributed by atoms with Crippen LogP contribution in [0.3, 0.4) is 0 Å². The van der Waals surface area contributed by atoms with Gasteiger partial charge >= 0.3 is 5.97 Å². The summed E-state index contributed by atoms with van der Waals surface area (Å²) in [6, 6.07) is 2.74. The second-order valence-corrected chi connectivity index (χ2v) is 7.12. The van der Waals surface area contributed by atoms with Crippen LogP contribution < -0.4 is 0 Å². The van der Waals surface area contributed by atoms with Crippen LogP contribution in [0.15, 0.2) is 21.6 Å². The molecule has 2 rings (SSSR count). The Morgan fingerprint density at radius 2 is 2.12 bits per heavy atom. The Morgan fingerprint density at radius 1 is 1.41 bits per heavy atom. The first-order valence-corrected chi connectivity index (χ1v) is 7.46. The van der Waals surface area contributed by atoms with Gasteiger partial charge in [-0.3, -0.25) is 0 Å². The maximum atomic E-state index is 11.3. The number of carbonyl (C=O) groups is 1. The van der Waals surface area contributed by atoms with E-state index in [1.165, 1.54) is 12.1 Å². The summed E-state index contributed by atoms with van der Waals surface area (Å²) in [7, 11) is -3.20. The molecular formula is C9H10O6S2. The highest BCUT2D eigenvalue weighted by Crippen LogP contribution is 2.32. The largest absolute Gasteiger partial charge is 0.475 e. The van der Waals surface area contributed by atoms with Crippen LogP contribution >= 0.6 is 11.8 Å². The van der Waals surface area contributed by atoms with Crippen molar-refractivity contribution in [1.82, 2.24) is 0 Å². The molecule has 94 valence electrons. The zero-order valence-corrected chi connectivity index (χ0v) is 10.2. The second kappa shape index (κ2) is 4.35. The molecule has 1 fully saturated rings. The van der Waals surface area contributed by atoms with E-state index >= 15 is 0 Å². The van der Waals surface area contributed by atoms with Crippen molar-refractivity contribution in [2.75, 3.05) is 11.5 Å². The molecule has 0 amide bonds. The number of aliphatic hydroxyl groups excluding tert-OH is 1. The fourth-order valence-corrected chi connectivity index (χ4v) is 5.02. The number of carboxylic acid groups (broad SMARTS) is 1. The van der Waals surface area contributed by atoms with Gasteiger partial charge < -0.3 is 14.6 Å². The van der Waals surface area contributed by atoms with Crippen LogP contribution in [-0.4, -0.2) is 47.5 Å². The minimum atomic E-state index is -3.20. The summed E-state index contributed by atoms with van der Waals surface area (Å²) in [5.41, 5.74) is 0. The van der Waals surface area contributed by atoms with Crippen LogP contribution in [0.2, 0.25) is 0 Å². The lowest BCUT2D eigenvalue weighted by Crippen LogP contribution is -2.19. The highest BCUT2D eigenvalue weighted by molar-refractivity contribution is 8.01. The number of hydrogen-bond donors (Lipinski definition) is 2. The molecule has 1 saturated heterocycles. The smallest absolute Gasteiger partial charge is 0.371 e. The lowest BCUT2D eigenvalue weighted by atomic mass is 10.3. The molecule has 2 N–H and O–H groups in total. The van der Waals surface area contributed by atoms with Crippen LogP contribution in [0.4, 0.5) is 0 Å². The van der Waals surface area contributed by atoms with Crippen LogP contribution in [0.5, 0.6) is 0 Å². The maximum absolute atomic E-state index is 11.3. The molecule has 0 spiro atoms. The van der Waals surface area contributed by atoms with E-state index in [9.17, 15) is 18.3 Å². The summed E-state index contributed by atoms with van der Waals surface area (Å²) in [6.45, 7) is 0. The third-order valence-electron chi connectivity index (χ3n) is 2.33. The molecule has 0 aliphatic carbocycles. The van der Waals surface area contributed by atoms with Gasteiger partial charge in [-0.2, -0.15) is 0 Å². The summed E-state index contributed by atoms with van der Waals surface area (Å²) in [5, 5.41) is 18.0. The molecule has 1 aliphatic rings. The average Bonchev–Trinajstić information content (AvgIpc) is 2.72. The number of furan rings is 1. The molecule has 2 heterocycles. The summed E-state index contributed by atoms with van der Waals surface area (Å²) >= 11 is 1.04. The lowest BCUT2D eigenvalue weighted by Gasteiger charge is -2.09. The Labute approximate surface area is 102 Å². The van der Waals surface area contributed by atoms with Gasteiger partial charge in [0.2, 0.25) is 5.76 Å². The predicted molar refractivity (Wildman–Crippen MR) is 60.0 cm³/mol. The molecule has 2 unspecified atom stereocenters. The monoisotopic (exact) mass is 278 g/mol. The molecule has 0 saturated carbocycles. The topological polar surface area (TPSA) is 105 Å². The summed E-state index contributed by atoms with van der Waals surface area (Å²) < 4.78 is 27.5. The van der Waals surface area contributed by atoms with Gasteiger partial charge in [0.05, 0.1) is 22.9 Å². The van der Waals surface area contributed by atoms with Gasteiger partial charge in [-0.25, -0.2) is 13.2 Å². The number of aliphatic hydroxyl groups is 1. The number of thioether (sulfide) groups is 1. The highest BCUT2D eigenvalue weighted by Gasteiger charge is 2.37. The van der Waals surface area contributed by atoms with E-state index < -0.39 is 27.2 Å². The Kier molecular flexibility index (Phi) is 3.19. The van der Waals surface area contributed by atoms with Crippen LogP contribution in [-0.2, 0) is 9.84 Å². The molecular weight excluding hydrogens is 268 g/mol. The van der Waals surface area contributed by atoms with Crippen molar-refractivity contribution in [3.63, 3.8) is 0 Å². The zero-order chi connectivity index (χ0) is 12.6. The molecule has 1 aromatic rings. The van der Waals surface area contributed by atoms with E-state index in [-0.39, 0.29) is 17.3 Å². The predicted octanol–water partition coefficient (Wildman–Crippen LogP) is 0.228. The zero-order valence-electron chi connectivity index (χ0n) is 8.57. The Bertz CT molecular complexity index is 531. The van der Waals surface area contributed by atoms with Crippen molar-refractivity contribution in [1.29, 1.82) is 0 Å². The van der Waals surface area contributed by atoms with E-state index in [0.717, 1.165) is 11.8 Å². The quantitative estimate of drug-likeness (QED) is 0.815. The molecule has 2 atom stereocenters. The molecule has 0 radical (unpaired) electrons. The highest BCUT2D eigenvalue weighted by atomic mass is 32.2. The van der Waals surface area contributed by atoms with Gasteiger partial charge in [0.1, 0.15) is 0 Å². The fraction of sp³-hybridized carbons (Fsp3) is 0.444. The number of aromatic carboxylic acids is 1. The molecule has 6 nitrogen and oxygen atoms in total. The molecule has 1 aliphatic heterocycles. The van der Waals surface area contributed by atoms with Crippen molar-refractivity contribution in [2.24, 2.45) is 0 Å². The van der Waals surface area contributed by atoms with E-state index in [4.69, 9.17) is 9.52 Å². The van der Waals surface area contributed by atoms with Gasteiger partial charge in [0, 0.05) is 0 Å². The van der Waals surface area contributed by atoms with Crippen molar-refractivity contribution >= 4 is 27.6 Å². The first kappa shape index (κ1) is 12.5. The number of sulfone groups is 1. The molecule has 1 aromatic heterocycles. The van der Waals surface area contributed by atoms with Gasteiger partial charge in [0.15, 0.2) is 14.9 Å². The van der Waals surface area contributed by atoms with Crippen molar-refractivity contribution in [3.8, 4) is 0 Å². The number of hydrogen-bond acceptors (Lipinski definition) is 6. The maximum Gasteiger partial charge on any atom is 0.371 e. The number of carboxylic acids is 1. The molecule has 8 heteroatoms. The Balaban J connectivity index is 2.08. The van der Waals surface area contributed by atoms with Gasteiger partial charge in [-0.05, 0) is 12.1 Å². The first-order valence-electron chi connectivity index (χ1n) is 4.76. The molecule has 17 heavy (non-hydrogen) atoms. The van der Waals surface area contributed by atoms with Crippen molar-refractivity contribution in [2.45, 2.75) is 16.4 Å². The van der Waals surface area contributed by atoms with Gasteiger partial charge in [-0.15, -0.1) is 0 Å². The van der Waals surface area contributed by atoms with Crippen LogP contribution in [0.25, 0.3) is 0 Å². The summed E-state index contributed by atoms with van der Waals surface area (Å²) in [4.78, 5) is 10.6. The molecule has 0 aromatic carbocycles. The van der Waals surface area contributed by atoms with Crippen molar-refractivity contribution < 1.29 is 27.8 Å². The van der Waals surface area contributed by atoms with E-state index in [1.54, 1.807) is 0 Å².